The van der Waals surface area contributed by atoms with Gasteiger partial charge in [0.2, 0.25) is 0 Å². The summed E-state index contributed by atoms with van der Waals surface area (Å²) in [6.45, 7) is 2.03. The van der Waals surface area contributed by atoms with E-state index in [-0.39, 0.29) is 17.0 Å². The molecule has 68 valence electrons. The Morgan fingerprint density at radius 2 is 2.25 bits per heavy atom. The summed E-state index contributed by atoms with van der Waals surface area (Å²) >= 11 is 3.41. The highest BCUT2D eigenvalue weighted by Crippen LogP contribution is 2.04. The molecule has 1 nitrogen and oxygen atoms in total. The molecule has 0 aromatic carbocycles. The van der Waals surface area contributed by atoms with Gasteiger partial charge in [0.25, 0.3) is 0 Å². The van der Waals surface area contributed by atoms with Gasteiger partial charge in [0, 0.05) is 17.2 Å². The van der Waals surface area contributed by atoms with Crippen molar-refractivity contribution in [1.82, 2.24) is 4.98 Å². The van der Waals surface area contributed by atoms with Crippen molar-refractivity contribution in [3.63, 3.8) is 0 Å². The van der Waals surface area contributed by atoms with Crippen molar-refractivity contribution in [2.75, 3.05) is 5.33 Å². The molecule has 1 heterocycles. The zero-order valence-corrected chi connectivity index (χ0v) is 10.4. The number of rotatable bonds is 3. The van der Waals surface area contributed by atoms with E-state index in [4.69, 9.17) is 0 Å². The molecule has 0 saturated heterocycles. The second kappa shape index (κ2) is 6.61. The van der Waals surface area contributed by atoms with Crippen LogP contribution in [0.2, 0.25) is 0 Å². The van der Waals surface area contributed by atoms with Crippen LogP contribution >= 0.6 is 32.9 Å². The SMILES string of the molecule is Br.Cc1cc(CCCBr)ccn1. The molecule has 0 aliphatic heterocycles. The van der Waals surface area contributed by atoms with E-state index in [2.05, 4.69) is 33.0 Å². The number of nitrogens with zero attached hydrogens (tertiary/aromatic N) is 1. The van der Waals surface area contributed by atoms with Crippen LogP contribution in [-0.4, -0.2) is 10.3 Å². The number of alkyl halides is 1. The Labute approximate surface area is 92.5 Å². The third kappa shape index (κ3) is 4.21. The van der Waals surface area contributed by atoms with Crippen LogP contribution in [0.25, 0.3) is 0 Å². The van der Waals surface area contributed by atoms with Crippen LogP contribution in [0.4, 0.5) is 0 Å². The third-order valence-electron chi connectivity index (χ3n) is 1.56. The molecule has 0 N–H and O–H groups in total. The summed E-state index contributed by atoms with van der Waals surface area (Å²) in [5.41, 5.74) is 2.49. The van der Waals surface area contributed by atoms with Gasteiger partial charge in [-0.3, -0.25) is 4.98 Å². The highest BCUT2D eigenvalue weighted by atomic mass is 79.9. The lowest BCUT2D eigenvalue weighted by atomic mass is 10.1. The molecule has 0 unspecified atom stereocenters. The molecule has 0 atom stereocenters. The van der Waals surface area contributed by atoms with Gasteiger partial charge in [0.1, 0.15) is 0 Å². The van der Waals surface area contributed by atoms with Crippen LogP contribution in [0.3, 0.4) is 0 Å². The van der Waals surface area contributed by atoms with Crippen LogP contribution in [-0.2, 0) is 6.42 Å². The predicted octanol–water partition coefficient (Wildman–Crippen LogP) is 3.30. The molecule has 0 amide bonds. The normalized spacial score (nSPS) is 9.17. The highest BCUT2D eigenvalue weighted by Gasteiger charge is 1.92. The average Bonchev–Trinajstić information content (AvgIpc) is 2.01. The Kier molecular flexibility index (Phi) is 6.67. The van der Waals surface area contributed by atoms with Gasteiger partial charge in [-0.1, -0.05) is 15.9 Å². The monoisotopic (exact) mass is 293 g/mol. The minimum atomic E-state index is 0. The average molecular weight is 295 g/mol. The van der Waals surface area contributed by atoms with Crippen molar-refractivity contribution >= 4 is 32.9 Å². The molecule has 0 aliphatic carbocycles. The maximum Gasteiger partial charge on any atom is 0.0375 e. The minimum Gasteiger partial charge on any atom is -0.262 e. The zero-order chi connectivity index (χ0) is 8.10. The lowest BCUT2D eigenvalue weighted by Gasteiger charge is -1.98. The summed E-state index contributed by atoms with van der Waals surface area (Å²) in [6, 6.07) is 4.22. The van der Waals surface area contributed by atoms with Gasteiger partial charge in [-0.2, -0.15) is 0 Å². The van der Waals surface area contributed by atoms with Crippen molar-refractivity contribution in [3.8, 4) is 0 Å². The molecule has 0 spiro atoms. The fourth-order valence-electron chi connectivity index (χ4n) is 1.03. The van der Waals surface area contributed by atoms with Gasteiger partial charge >= 0.3 is 0 Å². The first-order valence-corrected chi connectivity index (χ1v) is 4.92. The Morgan fingerprint density at radius 1 is 1.50 bits per heavy atom. The summed E-state index contributed by atoms with van der Waals surface area (Å²) in [7, 11) is 0. The molecular formula is C9H13Br2N. The van der Waals surface area contributed by atoms with E-state index >= 15 is 0 Å². The van der Waals surface area contributed by atoms with E-state index in [1.807, 2.05) is 13.1 Å². The molecule has 1 aromatic rings. The van der Waals surface area contributed by atoms with Gasteiger partial charge in [0.05, 0.1) is 0 Å². The molecule has 3 heteroatoms. The van der Waals surface area contributed by atoms with E-state index in [0.29, 0.717) is 0 Å². The molecule has 0 radical (unpaired) electrons. The maximum absolute atomic E-state index is 4.14. The Hall–Kier alpha value is 0.110. The lowest BCUT2D eigenvalue weighted by molar-refractivity contribution is 0.931. The number of aromatic nitrogens is 1. The minimum absolute atomic E-state index is 0. The fourth-order valence-corrected chi connectivity index (χ4v) is 1.31. The molecular weight excluding hydrogens is 282 g/mol. The molecule has 1 aromatic heterocycles. The van der Waals surface area contributed by atoms with Crippen molar-refractivity contribution in [2.24, 2.45) is 0 Å². The largest absolute Gasteiger partial charge is 0.262 e. The van der Waals surface area contributed by atoms with Crippen molar-refractivity contribution in [2.45, 2.75) is 19.8 Å². The fraction of sp³-hybridized carbons (Fsp3) is 0.444. The topological polar surface area (TPSA) is 12.9 Å². The van der Waals surface area contributed by atoms with Crippen LogP contribution in [0, 0.1) is 6.92 Å². The first-order valence-electron chi connectivity index (χ1n) is 3.80. The summed E-state index contributed by atoms with van der Waals surface area (Å²) in [6.07, 6.45) is 4.22. The molecule has 0 aliphatic rings. The van der Waals surface area contributed by atoms with Gasteiger partial charge in [-0.25, -0.2) is 0 Å². The molecule has 12 heavy (non-hydrogen) atoms. The predicted molar refractivity (Wildman–Crippen MR) is 61.4 cm³/mol. The maximum atomic E-state index is 4.14. The number of hydrogen-bond donors (Lipinski definition) is 0. The van der Waals surface area contributed by atoms with E-state index in [1.165, 1.54) is 12.0 Å². The van der Waals surface area contributed by atoms with Crippen molar-refractivity contribution in [1.29, 1.82) is 0 Å². The van der Waals surface area contributed by atoms with Gasteiger partial charge in [-0.05, 0) is 37.5 Å². The lowest BCUT2D eigenvalue weighted by Crippen LogP contribution is -1.88. The van der Waals surface area contributed by atoms with Gasteiger partial charge in [-0.15, -0.1) is 17.0 Å². The number of hydrogen-bond acceptors (Lipinski definition) is 1. The van der Waals surface area contributed by atoms with Gasteiger partial charge in [0.15, 0.2) is 0 Å². The second-order valence-electron chi connectivity index (χ2n) is 2.60. The van der Waals surface area contributed by atoms with Gasteiger partial charge < -0.3 is 0 Å². The summed E-state index contributed by atoms with van der Waals surface area (Å²) in [4.78, 5) is 4.14. The smallest absolute Gasteiger partial charge is 0.0375 e. The van der Waals surface area contributed by atoms with E-state index in [1.54, 1.807) is 0 Å². The quantitative estimate of drug-likeness (QED) is 0.780. The Morgan fingerprint density at radius 3 is 2.83 bits per heavy atom. The first-order chi connectivity index (χ1) is 5.33. The van der Waals surface area contributed by atoms with Crippen molar-refractivity contribution < 1.29 is 0 Å². The number of aryl methyl sites for hydroxylation is 2. The van der Waals surface area contributed by atoms with Crippen molar-refractivity contribution in [3.05, 3.63) is 29.6 Å². The third-order valence-corrected chi connectivity index (χ3v) is 2.12. The molecule has 0 fully saturated rings. The van der Waals surface area contributed by atoms with Crippen LogP contribution in [0.1, 0.15) is 17.7 Å². The van der Waals surface area contributed by atoms with E-state index < -0.39 is 0 Å². The summed E-state index contributed by atoms with van der Waals surface area (Å²) < 4.78 is 0. The molecule has 0 saturated carbocycles. The Bertz CT molecular complexity index is 226. The number of pyridine rings is 1. The first kappa shape index (κ1) is 12.1. The highest BCUT2D eigenvalue weighted by molar-refractivity contribution is 9.09. The van der Waals surface area contributed by atoms with Crippen LogP contribution < -0.4 is 0 Å². The number of halogens is 2. The Balaban J connectivity index is 0.00000121. The second-order valence-corrected chi connectivity index (χ2v) is 3.39. The summed E-state index contributed by atoms with van der Waals surface area (Å²) in [5, 5.41) is 1.08. The van der Waals surface area contributed by atoms with Crippen LogP contribution in [0.15, 0.2) is 18.3 Å². The summed E-state index contributed by atoms with van der Waals surface area (Å²) in [5.74, 6) is 0. The van der Waals surface area contributed by atoms with Crippen LogP contribution in [0.5, 0.6) is 0 Å². The molecule has 0 bridgehead atoms. The zero-order valence-electron chi connectivity index (χ0n) is 7.09. The standard InChI is InChI=1S/C9H12BrN.BrH/c1-8-7-9(3-2-5-10)4-6-11-8;/h4,6-7H,2-3,5H2,1H3;1H. The van der Waals surface area contributed by atoms with E-state index in [0.717, 1.165) is 17.4 Å². The molecule has 1 rings (SSSR count). The van der Waals surface area contributed by atoms with E-state index in [9.17, 15) is 0 Å².